The summed E-state index contributed by atoms with van der Waals surface area (Å²) in [5, 5.41) is 0. The van der Waals surface area contributed by atoms with Crippen molar-refractivity contribution in [1.29, 1.82) is 0 Å². The smallest absolute Gasteiger partial charge is 0.195 e. The molecule has 0 N–H and O–H groups in total. The Balaban J connectivity index is 3.29. The third kappa shape index (κ3) is 4.13. The van der Waals surface area contributed by atoms with E-state index in [1.165, 1.54) is 7.11 Å². The van der Waals surface area contributed by atoms with Crippen LogP contribution in [0, 0.1) is 0 Å². The molecule has 0 atom stereocenters. The zero-order valence-corrected chi connectivity index (χ0v) is 12.5. The van der Waals surface area contributed by atoms with Crippen molar-refractivity contribution in [2.24, 2.45) is 0 Å². The number of rotatable bonds is 9. The number of carbonyl (C=O) groups is 1. The molecule has 0 fully saturated rings. The van der Waals surface area contributed by atoms with E-state index in [0.29, 0.717) is 42.6 Å². The van der Waals surface area contributed by atoms with Crippen molar-refractivity contribution in [1.82, 2.24) is 0 Å². The molecule has 5 nitrogen and oxygen atoms in total. The second-order valence-corrected chi connectivity index (χ2v) is 3.95. The molecule has 0 heterocycles. The molecule has 0 aliphatic rings. The zero-order valence-electron chi connectivity index (χ0n) is 12.5. The Kier molecular flexibility index (Phi) is 6.87. The van der Waals surface area contributed by atoms with Crippen molar-refractivity contribution in [3.05, 3.63) is 17.7 Å². The van der Waals surface area contributed by atoms with E-state index in [4.69, 9.17) is 18.9 Å². The minimum atomic E-state index is -0.178. The molecule has 0 amide bonds. The Morgan fingerprint density at radius 1 is 0.950 bits per heavy atom. The highest BCUT2D eigenvalue weighted by Gasteiger charge is 2.20. The molecule has 1 rings (SSSR count). The number of carbonyl (C=O) groups excluding carboxylic acids is 1. The average Bonchev–Trinajstić information content (AvgIpc) is 2.40. The van der Waals surface area contributed by atoms with Gasteiger partial charge in [0.25, 0.3) is 0 Å². The fourth-order valence-electron chi connectivity index (χ4n) is 1.83. The average molecular weight is 282 g/mol. The Morgan fingerprint density at radius 2 is 1.45 bits per heavy atom. The Bertz CT molecular complexity index is 415. The third-order valence-electron chi connectivity index (χ3n) is 2.50. The minimum Gasteiger partial charge on any atom is -0.494 e. The van der Waals surface area contributed by atoms with E-state index in [-0.39, 0.29) is 12.4 Å². The molecule has 112 valence electrons. The second-order valence-electron chi connectivity index (χ2n) is 3.95. The zero-order chi connectivity index (χ0) is 15.0. The van der Waals surface area contributed by atoms with Crippen LogP contribution in [0.25, 0.3) is 0 Å². The van der Waals surface area contributed by atoms with Crippen LogP contribution in [-0.4, -0.2) is 39.3 Å². The summed E-state index contributed by atoms with van der Waals surface area (Å²) in [6.45, 7) is 7.03. The van der Waals surface area contributed by atoms with E-state index in [0.717, 1.165) is 0 Å². The van der Waals surface area contributed by atoms with Crippen molar-refractivity contribution in [3.63, 3.8) is 0 Å². The fourth-order valence-corrected chi connectivity index (χ4v) is 1.83. The second kappa shape index (κ2) is 8.43. The van der Waals surface area contributed by atoms with Crippen LogP contribution in [0.2, 0.25) is 0 Å². The highest BCUT2D eigenvalue weighted by Crippen LogP contribution is 2.35. The van der Waals surface area contributed by atoms with Gasteiger partial charge in [-0.05, 0) is 20.8 Å². The van der Waals surface area contributed by atoms with E-state index in [9.17, 15) is 4.79 Å². The number of hydrogen-bond acceptors (Lipinski definition) is 5. The van der Waals surface area contributed by atoms with E-state index >= 15 is 0 Å². The lowest BCUT2D eigenvalue weighted by molar-refractivity contribution is 0.0840. The summed E-state index contributed by atoms with van der Waals surface area (Å²) in [5.41, 5.74) is 0.402. The first-order valence-electron chi connectivity index (χ1n) is 6.76. The molecule has 1 aromatic rings. The van der Waals surface area contributed by atoms with Crippen LogP contribution in [0.1, 0.15) is 31.1 Å². The van der Waals surface area contributed by atoms with E-state index in [1.54, 1.807) is 12.1 Å². The molecule has 0 aromatic heterocycles. The van der Waals surface area contributed by atoms with E-state index in [2.05, 4.69) is 0 Å². The normalized spacial score (nSPS) is 10.2. The van der Waals surface area contributed by atoms with Crippen molar-refractivity contribution in [2.45, 2.75) is 20.8 Å². The van der Waals surface area contributed by atoms with Gasteiger partial charge < -0.3 is 18.9 Å². The first-order chi connectivity index (χ1) is 9.67. The Morgan fingerprint density at radius 3 is 1.85 bits per heavy atom. The molecule has 0 spiro atoms. The maximum Gasteiger partial charge on any atom is 0.195 e. The molecule has 1 aromatic carbocycles. The number of ketones is 1. The summed E-state index contributed by atoms with van der Waals surface area (Å²) >= 11 is 0. The van der Waals surface area contributed by atoms with Crippen LogP contribution in [-0.2, 0) is 4.74 Å². The maximum atomic E-state index is 12.2. The molecular formula is C15H22O5. The lowest BCUT2D eigenvalue weighted by atomic mass is 10.1. The number of Topliss-reactive ketones (excluding diaryl/α,β-unsaturated/α-hetero) is 1. The predicted octanol–water partition coefficient (Wildman–Crippen LogP) is 2.71. The van der Waals surface area contributed by atoms with Gasteiger partial charge in [0, 0.05) is 19.2 Å². The summed E-state index contributed by atoms with van der Waals surface area (Å²) in [6.07, 6.45) is 0. The van der Waals surface area contributed by atoms with Gasteiger partial charge in [-0.25, -0.2) is 0 Å². The molecule has 0 saturated heterocycles. The quantitative estimate of drug-likeness (QED) is 0.652. The minimum absolute atomic E-state index is 0.0197. The molecule has 5 heteroatoms. The van der Waals surface area contributed by atoms with Crippen molar-refractivity contribution in [3.8, 4) is 17.2 Å². The SMILES string of the molecule is CCOc1cc(OCC)c(C(=O)COC)c(OCC)c1. The summed E-state index contributed by atoms with van der Waals surface area (Å²) < 4.78 is 21.5. The van der Waals surface area contributed by atoms with Gasteiger partial charge in [-0.2, -0.15) is 0 Å². The molecule has 0 bridgehead atoms. The Labute approximate surface area is 119 Å². The maximum absolute atomic E-state index is 12.2. The number of methoxy groups -OCH3 is 1. The van der Waals surface area contributed by atoms with Gasteiger partial charge >= 0.3 is 0 Å². The van der Waals surface area contributed by atoms with E-state index in [1.807, 2.05) is 20.8 Å². The summed E-state index contributed by atoms with van der Waals surface area (Å²) in [5.74, 6) is 1.36. The van der Waals surface area contributed by atoms with Gasteiger partial charge in [-0.1, -0.05) is 0 Å². The van der Waals surface area contributed by atoms with Crippen LogP contribution in [0.5, 0.6) is 17.2 Å². The molecule has 20 heavy (non-hydrogen) atoms. The van der Waals surface area contributed by atoms with Gasteiger partial charge in [0.05, 0.1) is 19.8 Å². The van der Waals surface area contributed by atoms with Gasteiger partial charge in [-0.15, -0.1) is 0 Å². The van der Waals surface area contributed by atoms with Crippen LogP contribution in [0.15, 0.2) is 12.1 Å². The lowest BCUT2D eigenvalue weighted by Gasteiger charge is -2.16. The summed E-state index contributed by atoms with van der Waals surface area (Å²) in [7, 11) is 1.48. The molecule has 0 aliphatic carbocycles. The van der Waals surface area contributed by atoms with Gasteiger partial charge in [0.15, 0.2) is 5.78 Å². The van der Waals surface area contributed by atoms with Gasteiger partial charge in [0.1, 0.15) is 29.4 Å². The van der Waals surface area contributed by atoms with E-state index < -0.39 is 0 Å². The lowest BCUT2D eigenvalue weighted by Crippen LogP contribution is -2.12. The molecule has 0 radical (unpaired) electrons. The number of hydrogen-bond donors (Lipinski definition) is 0. The van der Waals surface area contributed by atoms with Crippen LogP contribution < -0.4 is 14.2 Å². The van der Waals surface area contributed by atoms with Gasteiger partial charge in [-0.3, -0.25) is 4.79 Å². The Hall–Kier alpha value is -1.75. The highest BCUT2D eigenvalue weighted by molar-refractivity contribution is 6.02. The molecular weight excluding hydrogens is 260 g/mol. The predicted molar refractivity (Wildman–Crippen MR) is 76.2 cm³/mol. The first kappa shape index (κ1) is 16.3. The monoisotopic (exact) mass is 282 g/mol. The van der Waals surface area contributed by atoms with Crippen molar-refractivity contribution >= 4 is 5.78 Å². The van der Waals surface area contributed by atoms with Crippen molar-refractivity contribution in [2.75, 3.05) is 33.5 Å². The highest BCUT2D eigenvalue weighted by atomic mass is 16.5. The number of ether oxygens (including phenoxy) is 4. The summed E-state index contributed by atoms with van der Waals surface area (Å²) in [4.78, 5) is 12.2. The fraction of sp³-hybridized carbons (Fsp3) is 0.533. The molecule has 0 aliphatic heterocycles. The third-order valence-corrected chi connectivity index (χ3v) is 2.50. The van der Waals surface area contributed by atoms with Gasteiger partial charge in [0.2, 0.25) is 0 Å². The van der Waals surface area contributed by atoms with Crippen LogP contribution in [0.4, 0.5) is 0 Å². The molecule has 0 unspecified atom stereocenters. The molecule has 0 saturated carbocycles. The number of benzene rings is 1. The van der Waals surface area contributed by atoms with Crippen LogP contribution in [0.3, 0.4) is 0 Å². The van der Waals surface area contributed by atoms with Crippen LogP contribution >= 0.6 is 0 Å². The summed E-state index contributed by atoms with van der Waals surface area (Å²) in [6, 6.07) is 3.41. The standard InChI is InChI=1S/C15H22O5/c1-5-18-11-8-13(19-6-2)15(12(16)10-17-4)14(9-11)20-7-3/h8-9H,5-7,10H2,1-4H3. The van der Waals surface area contributed by atoms with Crippen molar-refractivity contribution < 1.29 is 23.7 Å². The topological polar surface area (TPSA) is 54.0 Å². The largest absolute Gasteiger partial charge is 0.494 e. The first-order valence-corrected chi connectivity index (χ1v) is 6.76.